The molecule has 0 saturated carbocycles. The molecule has 5 rings (SSSR count). The van der Waals surface area contributed by atoms with Crippen LogP contribution in [0.4, 0.5) is 0 Å². The summed E-state index contributed by atoms with van der Waals surface area (Å²) >= 11 is 0. The van der Waals surface area contributed by atoms with Gasteiger partial charge in [-0.15, -0.1) is 0 Å². The molecule has 0 spiro atoms. The predicted molar refractivity (Wildman–Crippen MR) is 113 cm³/mol. The molecule has 3 heterocycles. The lowest BCUT2D eigenvalue weighted by molar-refractivity contribution is -0.134. The number of hydrogen-bond donors (Lipinski definition) is 0. The van der Waals surface area contributed by atoms with Crippen LogP contribution >= 0.6 is 0 Å². The molecule has 6 nitrogen and oxygen atoms in total. The molecular formula is C24H25NO5. The Kier molecular flexibility index (Phi) is 4.72. The summed E-state index contributed by atoms with van der Waals surface area (Å²) in [6.45, 7) is 2.89. The van der Waals surface area contributed by atoms with Crippen LogP contribution in [0.15, 0.2) is 25.8 Å². The van der Waals surface area contributed by atoms with Crippen molar-refractivity contribution in [3.8, 4) is 0 Å². The van der Waals surface area contributed by atoms with Gasteiger partial charge in [0.05, 0.1) is 0 Å². The van der Waals surface area contributed by atoms with Gasteiger partial charge in [-0.05, 0) is 44.2 Å². The quantitative estimate of drug-likeness (QED) is 0.616. The van der Waals surface area contributed by atoms with E-state index >= 15 is 0 Å². The summed E-state index contributed by atoms with van der Waals surface area (Å²) in [6, 6.07) is 3.91. The first-order valence-electron chi connectivity index (χ1n) is 10.8. The van der Waals surface area contributed by atoms with Gasteiger partial charge >= 0.3 is 5.63 Å². The van der Waals surface area contributed by atoms with Gasteiger partial charge in [0.1, 0.15) is 22.7 Å². The van der Waals surface area contributed by atoms with Gasteiger partial charge in [-0.3, -0.25) is 9.59 Å². The molecule has 1 aromatic carbocycles. The van der Waals surface area contributed by atoms with Gasteiger partial charge in [-0.1, -0.05) is 0 Å². The number of benzene rings is 1. The Morgan fingerprint density at radius 3 is 2.50 bits per heavy atom. The first kappa shape index (κ1) is 19.1. The van der Waals surface area contributed by atoms with Gasteiger partial charge in [-0.25, -0.2) is 4.79 Å². The highest BCUT2D eigenvalue weighted by Crippen LogP contribution is 2.35. The molecule has 2 aliphatic rings. The van der Waals surface area contributed by atoms with Crippen LogP contribution in [-0.2, 0) is 28.9 Å². The Labute approximate surface area is 173 Å². The number of carbonyl (C=O) groups excluding carboxylic acids is 2. The second-order valence-corrected chi connectivity index (χ2v) is 8.47. The normalized spacial score (nSPS) is 17.0. The van der Waals surface area contributed by atoms with Gasteiger partial charge in [0.25, 0.3) is 0 Å². The molecule has 0 atom stereocenters. The van der Waals surface area contributed by atoms with E-state index in [9.17, 15) is 14.4 Å². The van der Waals surface area contributed by atoms with Crippen molar-refractivity contribution in [2.45, 2.75) is 58.3 Å². The zero-order valence-corrected chi connectivity index (χ0v) is 17.2. The molecule has 1 fully saturated rings. The average molecular weight is 407 g/mol. The second-order valence-electron chi connectivity index (χ2n) is 8.47. The monoisotopic (exact) mass is 407 g/mol. The number of ketones is 1. The molecule has 3 aromatic rings. The van der Waals surface area contributed by atoms with E-state index in [1.165, 1.54) is 5.56 Å². The number of amides is 1. The number of rotatable bonds is 3. The molecule has 1 amide bonds. The van der Waals surface area contributed by atoms with Crippen molar-refractivity contribution in [1.82, 2.24) is 4.90 Å². The molecule has 30 heavy (non-hydrogen) atoms. The fraction of sp³-hybridized carbons (Fsp3) is 0.458. The standard InChI is InChI=1S/C24H25NO5/c1-14-16(6-7-23(27)25-10-8-15(26)9-11-25)24(28)30-21-13-22-19(12-18(14)21)17-4-2-3-5-20(17)29-22/h12-13H,2-11H2,1H3. The molecule has 6 heteroatoms. The van der Waals surface area contributed by atoms with E-state index in [0.717, 1.165) is 53.4 Å². The molecule has 1 saturated heterocycles. The van der Waals surface area contributed by atoms with Crippen molar-refractivity contribution in [3.05, 3.63) is 45.0 Å². The molecule has 0 N–H and O–H groups in total. The van der Waals surface area contributed by atoms with E-state index in [4.69, 9.17) is 8.83 Å². The number of furan rings is 1. The van der Waals surface area contributed by atoms with Crippen molar-refractivity contribution in [2.75, 3.05) is 13.1 Å². The van der Waals surface area contributed by atoms with E-state index in [1.54, 1.807) is 4.90 Å². The zero-order valence-electron chi connectivity index (χ0n) is 17.2. The average Bonchev–Trinajstić information content (AvgIpc) is 3.10. The SMILES string of the molecule is Cc1c(CCC(=O)N2CCC(=O)CC2)c(=O)oc2cc3oc4c(c3cc12)CCCC4. The third-order valence-electron chi connectivity index (χ3n) is 6.63. The molecule has 0 radical (unpaired) electrons. The maximum atomic E-state index is 12.6. The van der Waals surface area contributed by atoms with Crippen LogP contribution in [0.3, 0.4) is 0 Å². The van der Waals surface area contributed by atoms with Crippen LogP contribution in [0.2, 0.25) is 0 Å². The lowest BCUT2D eigenvalue weighted by atomic mass is 9.94. The van der Waals surface area contributed by atoms with Crippen molar-refractivity contribution >= 4 is 33.6 Å². The number of fused-ring (bicyclic) bond motifs is 4. The van der Waals surface area contributed by atoms with E-state index < -0.39 is 5.63 Å². The molecular weight excluding hydrogens is 382 g/mol. The van der Waals surface area contributed by atoms with E-state index in [1.807, 2.05) is 13.0 Å². The van der Waals surface area contributed by atoms with E-state index in [-0.39, 0.29) is 18.1 Å². The highest BCUT2D eigenvalue weighted by Gasteiger charge is 2.23. The van der Waals surface area contributed by atoms with Gasteiger partial charge in [0.2, 0.25) is 5.91 Å². The Morgan fingerprint density at radius 1 is 0.967 bits per heavy atom. The maximum Gasteiger partial charge on any atom is 0.339 e. The van der Waals surface area contributed by atoms with E-state index in [2.05, 4.69) is 6.07 Å². The maximum absolute atomic E-state index is 12.6. The minimum Gasteiger partial charge on any atom is -0.461 e. The summed E-state index contributed by atoms with van der Waals surface area (Å²) < 4.78 is 11.6. The summed E-state index contributed by atoms with van der Waals surface area (Å²) in [6.07, 6.45) is 5.72. The Hall–Kier alpha value is -2.89. The number of hydrogen-bond acceptors (Lipinski definition) is 5. The summed E-state index contributed by atoms with van der Waals surface area (Å²) in [5.74, 6) is 1.25. The van der Waals surface area contributed by atoms with Crippen LogP contribution in [0.5, 0.6) is 0 Å². The minimum atomic E-state index is -0.391. The van der Waals surface area contributed by atoms with Crippen LogP contribution in [0.1, 0.15) is 54.6 Å². The number of nitrogens with zero attached hydrogens (tertiary/aromatic N) is 1. The largest absolute Gasteiger partial charge is 0.461 e. The van der Waals surface area contributed by atoms with Gasteiger partial charge in [-0.2, -0.15) is 0 Å². The zero-order chi connectivity index (χ0) is 20.8. The summed E-state index contributed by atoms with van der Waals surface area (Å²) in [5, 5.41) is 2.01. The van der Waals surface area contributed by atoms with Crippen molar-refractivity contribution in [1.29, 1.82) is 0 Å². The highest BCUT2D eigenvalue weighted by molar-refractivity contribution is 5.97. The van der Waals surface area contributed by atoms with Crippen LogP contribution < -0.4 is 5.63 Å². The molecule has 156 valence electrons. The topological polar surface area (TPSA) is 80.7 Å². The van der Waals surface area contributed by atoms with Gasteiger partial charge < -0.3 is 13.7 Å². The fourth-order valence-electron chi connectivity index (χ4n) is 4.83. The number of likely N-dealkylation sites (tertiary alicyclic amines) is 1. The highest BCUT2D eigenvalue weighted by atomic mass is 16.4. The first-order chi connectivity index (χ1) is 14.5. The Morgan fingerprint density at radius 2 is 1.70 bits per heavy atom. The summed E-state index contributed by atoms with van der Waals surface area (Å²) in [4.78, 5) is 38.3. The second kappa shape index (κ2) is 7.42. The van der Waals surface area contributed by atoms with E-state index in [0.29, 0.717) is 43.5 Å². The molecule has 2 aromatic heterocycles. The lowest BCUT2D eigenvalue weighted by Crippen LogP contribution is -2.38. The minimum absolute atomic E-state index is 0.0132. The lowest BCUT2D eigenvalue weighted by Gasteiger charge is -2.26. The first-order valence-corrected chi connectivity index (χ1v) is 10.8. The predicted octanol–water partition coefficient (Wildman–Crippen LogP) is 3.85. The third kappa shape index (κ3) is 3.24. The van der Waals surface area contributed by atoms with Gasteiger partial charge in [0.15, 0.2) is 0 Å². The molecule has 1 aliphatic heterocycles. The Balaban J connectivity index is 1.46. The number of piperidine rings is 1. The van der Waals surface area contributed by atoms with Crippen LogP contribution in [0, 0.1) is 6.92 Å². The molecule has 0 unspecified atom stereocenters. The Bertz CT molecular complexity index is 1220. The van der Waals surface area contributed by atoms with Gasteiger partial charge in [0, 0.05) is 66.7 Å². The smallest absolute Gasteiger partial charge is 0.339 e. The third-order valence-corrected chi connectivity index (χ3v) is 6.63. The molecule has 1 aliphatic carbocycles. The number of carbonyl (C=O) groups is 2. The summed E-state index contributed by atoms with van der Waals surface area (Å²) in [5.41, 5.74) is 3.62. The van der Waals surface area contributed by atoms with Crippen molar-refractivity contribution in [2.24, 2.45) is 0 Å². The number of Topliss-reactive ketones (excluding diaryl/α,β-unsaturated/α-hetero) is 1. The van der Waals surface area contributed by atoms with Crippen molar-refractivity contribution < 1.29 is 18.4 Å². The molecule has 0 bridgehead atoms. The van der Waals surface area contributed by atoms with Crippen LogP contribution in [-0.4, -0.2) is 29.7 Å². The summed E-state index contributed by atoms with van der Waals surface area (Å²) in [7, 11) is 0. The number of aryl methyl sites for hydroxylation is 3. The fourth-order valence-corrected chi connectivity index (χ4v) is 4.83. The van der Waals surface area contributed by atoms with Crippen LogP contribution in [0.25, 0.3) is 21.9 Å². The van der Waals surface area contributed by atoms with Crippen molar-refractivity contribution in [3.63, 3.8) is 0 Å².